The van der Waals surface area contributed by atoms with Crippen LogP contribution in [0.1, 0.15) is 10.4 Å². The van der Waals surface area contributed by atoms with Gasteiger partial charge in [-0.15, -0.1) is 5.10 Å². The lowest BCUT2D eigenvalue weighted by molar-refractivity contribution is 0.102. The van der Waals surface area contributed by atoms with Gasteiger partial charge in [-0.3, -0.25) is 10.1 Å². The molecule has 0 unspecified atom stereocenters. The van der Waals surface area contributed by atoms with Crippen LogP contribution < -0.4 is 14.8 Å². The van der Waals surface area contributed by atoms with E-state index in [1.54, 1.807) is 17.7 Å². The fraction of sp³-hybridized carbons (Fsp3) is 0.0952. The van der Waals surface area contributed by atoms with Gasteiger partial charge in [-0.25, -0.2) is 8.91 Å². The summed E-state index contributed by atoms with van der Waals surface area (Å²) in [6, 6.07) is 16.4. The highest BCUT2D eigenvalue weighted by Crippen LogP contribution is 2.28. The Morgan fingerprint density at radius 1 is 0.966 bits per heavy atom. The molecule has 0 spiro atoms. The first kappa shape index (κ1) is 18.4. The summed E-state index contributed by atoms with van der Waals surface area (Å²) >= 11 is 0. The Balaban J connectivity index is 1.73. The van der Waals surface area contributed by atoms with E-state index in [4.69, 9.17) is 9.47 Å². The van der Waals surface area contributed by atoms with Crippen LogP contribution in [0.5, 0.6) is 11.5 Å². The molecule has 2 heterocycles. The summed E-state index contributed by atoms with van der Waals surface area (Å²) in [4.78, 5) is 16.8. The molecule has 0 bridgehead atoms. The number of methoxy groups -OCH3 is 2. The highest BCUT2D eigenvalue weighted by atomic mass is 19.1. The molecule has 29 heavy (non-hydrogen) atoms. The maximum atomic E-state index is 13.1. The molecule has 0 aliphatic rings. The summed E-state index contributed by atoms with van der Waals surface area (Å²) in [5, 5.41) is 7.05. The molecule has 1 N–H and O–H groups in total. The number of fused-ring (bicyclic) bond motifs is 1. The molecule has 4 rings (SSSR count). The molecule has 4 aromatic rings. The molecule has 0 saturated heterocycles. The highest BCUT2D eigenvalue weighted by Gasteiger charge is 2.16. The Labute approximate surface area is 165 Å². The van der Waals surface area contributed by atoms with Gasteiger partial charge in [-0.1, -0.05) is 0 Å². The summed E-state index contributed by atoms with van der Waals surface area (Å²) in [5.41, 5.74) is 2.40. The van der Waals surface area contributed by atoms with Crippen molar-refractivity contribution in [2.24, 2.45) is 0 Å². The third-order valence-electron chi connectivity index (χ3n) is 4.39. The van der Waals surface area contributed by atoms with E-state index in [2.05, 4.69) is 15.4 Å². The number of aromatic nitrogens is 3. The molecule has 0 saturated carbocycles. The van der Waals surface area contributed by atoms with E-state index in [-0.39, 0.29) is 5.95 Å². The summed E-state index contributed by atoms with van der Waals surface area (Å²) in [5.74, 6) is 0.507. The number of nitrogens with one attached hydrogen (secondary N) is 1. The highest BCUT2D eigenvalue weighted by molar-refractivity contribution is 6.03. The molecule has 2 aromatic carbocycles. The number of ether oxygens (including phenoxy) is 2. The molecule has 7 nitrogen and oxygen atoms in total. The number of benzene rings is 2. The van der Waals surface area contributed by atoms with Gasteiger partial charge in [0, 0.05) is 11.1 Å². The number of carbonyl (C=O) groups is 1. The van der Waals surface area contributed by atoms with Gasteiger partial charge < -0.3 is 9.47 Å². The molecule has 0 atom stereocenters. The van der Waals surface area contributed by atoms with E-state index in [0.29, 0.717) is 17.0 Å². The fourth-order valence-corrected chi connectivity index (χ4v) is 2.91. The van der Waals surface area contributed by atoms with Crippen molar-refractivity contribution in [3.8, 4) is 22.8 Å². The minimum absolute atomic E-state index is 0.110. The zero-order valence-corrected chi connectivity index (χ0v) is 15.7. The number of carbonyl (C=O) groups excluding carboxylic acids is 1. The average molecular weight is 392 g/mol. The molecule has 0 radical (unpaired) electrons. The Kier molecular flexibility index (Phi) is 4.82. The number of halogens is 1. The van der Waals surface area contributed by atoms with Gasteiger partial charge in [0.15, 0.2) is 11.4 Å². The standard InChI is InChI=1S/C21H17FN4O3/c1-28-16-9-5-13(6-10-16)17-11-12-18(29-2)19-23-21(25-26(17)19)24-20(27)14-3-7-15(22)8-4-14/h3-12H,1-2H3,(H,24,25,27). The van der Waals surface area contributed by atoms with E-state index < -0.39 is 11.7 Å². The first-order valence-corrected chi connectivity index (χ1v) is 8.74. The van der Waals surface area contributed by atoms with Crippen molar-refractivity contribution in [2.75, 3.05) is 19.5 Å². The largest absolute Gasteiger partial charge is 0.497 e. The monoisotopic (exact) mass is 392 g/mol. The van der Waals surface area contributed by atoms with Crippen molar-refractivity contribution < 1.29 is 18.7 Å². The molecular formula is C21H17FN4O3. The molecule has 0 fully saturated rings. The summed E-state index contributed by atoms with van der Waals surface area (Å²) in [6.07, 6.45) is 0. The molecule has 146 valence electrons. The minimum atomic E-state index is -0.439. The lowest BCUT2D eigenvalue weighted by Crippen LogP contribution is -2.13. The Bertz CT molecular complexity index is 1170. The molecule has 0 aliphatic heterocycles. The van der Waals surface area contributed by atoms with Crippen molar-refractivity contribution >= 4 is 17.5 Å². The second-order valence-electron chi connectivity index (χ2n) is 6.15. The van der Waals surface area contributed by atoms with E-state index in [1.165, 1.54) is 31.4 Å². The van der Waals surface area contributed by atoms with E-state index in [9.17, 15) is 9.18 Å². The third kappa shape index (κ3) is 3.60. The number of hydrogen-bond acceptors (Lipinski definition) is 5. The number of nitrogens with zero attached hydrogens (tertiary/aromatic N) is 3. The van der Waals surface area contributed by atoms with Crippen LogP contribution >= 0.6 is 0 Å². The minimum Gasteiger partial charge on any atom is -0.497 e. The Morgan fingerprint density at radius 3 is 2.34 bits per heavy atom. The van der Waals surface area contributed by atoms with Crippen molar-refractivity contribution in [1.82, 2.24) is 14.6 Å². The van der Waals surface area contributed by atoms with E-state index in [1.807, 2.05) is 30.3 Å². The first-order chi connectivity index (χ1) is 14.1. The first-order valence-electron chi connectivity index (χ1n) is 8.74. The number of pyridine rings is 1. The summed E-state index contributed by atoms with van der Waals surface area (Å²) in [7, 11) is 3.14. The average Bonchev–Trinajstić information content (AvgIpc) is 3.17. The van der Waals surface area contributed by atoms with Crippen LogP contribution in [-0.4, -0.2) is 34.7 Å². The van der Waals surface area contributed by atoms with Crippen LogP contribution in [0.15, 0.2) is 60.7 Å². The van der Waals surface area contributed by atoms with Gasteiger partial charge in [0.1, 0.15) is 11.6 Å². The second-order valence-corrected chi connectivity index (χ2v) is 6.15. The molecule has 1 amide bonds. The zero-order valence-electron chi connectivity index (χ0n) is 15.7. The molecule has 0 aliphatic carbocycles. The topological polar surface area (TPSA) is 77.8 Å². The normalized spacial score (nSPS) is 10.7. The zero-order chi connectivity index (χ0) is 20.4. The molecule has 8 heteroatoms. The van der Waals surface area contributed by atoms with Crippen LogP contribution in [0, 0.1) is 5.82 Å². The quantitative estimate of drug-likeness (QED) is 0.559. The third-order valence-corrected chi connectivity index (χ3v) is 4.39. The van der Waals surface area contributed by atoms with E-state index in [0.717, 1.165) is 17.0 Å². The van der Waals surface area contributed by atoms with E-state index >= 15 is 0 Å². The predicted molar refractivity (Wildman–Crippen MR) is 106 cm³/mol. The van der Waals surface area contributed by atoms with Gasteiger partial charge in [-0.05, 0) is 60.7 Å². The maximum absolute atomic E-state index is 13.1. The van der Waals surface area contributed by atoms with Gasteiger partial charge in [0.05, 0.1) is 19.9 Å². The van der Waals surface area contributed by atoms with Crippen molar-refractivity contribution in [3.05, 3.63) is 72.0 Å². The Hall–Kier alpha value is -3.94. The number of rotatable bonds is 5. The predicted octanol–water partition coefficient (Wildman–Crippen LogP) is 3.80. The number of amides is 1. The Morgan fingerprint density at radius 2 is 1.69 bits per heavy atom. The van der Waals surface area contributed by atoms with Gasteiger partial charge >= 0.3 is 0 Å². The lowest BCUT2D eigenvalue weighted by atomic mass is 10.1. The van der Waals surface area contributed by atoms with Gasteiger partial charge in [0.25, 0.3) is 5.91 Å². The van der Waals surface area contributed by atoms with Gasteiger partial charge in [-0.2, -0.15) is 4.98 Å². The maximum Gasteiger partial charge on any atom is 0.258 e. The number of anilines is 1. The SMILES string of the molecule is COc1ccc(-c2ccc(OC)c3nc(NC(=O)c4ccc(F)cc4)nn23)cc1. The van der Waals surface area contributed by atoms with Crippen molar-refractivity contribution in [2.45, 2.75) is 0 Å². The smallest absolute Gasteiger partial charge is 0.258 e. The van der Waals surface area contributed by atoms with Crippen LogP contribution in [-0.2, 0) is 0 Å². The van der Waals surface area contributed by atoms with Crippen molar-refractivity contribution in [3.63, 3.8) is 0 Å². The van der Waals surface area contributed by atoms with Crippen LogP contribution in [0.3, 0.4) is 0 Å². The molecule has 2 aromatic heterocycles. The summed E-state index contributed by atoms with van der Waals surface area (Å²) < 4.78 is 25.2. The van der Waals surface area contributed by atoms with Gasteiger partial charge in [0.2, 0.25) is 5.95 Å². The second kappa shape index (κ2) is 7.59. The fourth-order valence-electron chi connectivity index (χ4n) is 2.91. The van der Waals surface area contributed by atoms with Crippen LogP contribution in [0.2, 0.25) is 0 Å². The van der Waals surface area contributed by atoms with Crippen molar-refractivity contribution in [1.29, 1.82) is 0 Å². The summed E-state index contributed by atoms with van der Waals surface area (Å²) in [6.45, 7) is 0. The molecular weight excluding hydrogens is 375 g/mol. The van der Waals surface area contributed by atoms with Crippen LogP contribution in [0.4, 0.5) is 10.3 Å². The number of hydrogen-bond donors (Lipinski definition) is 1. The lowest BCUT2D eigenvalue weighted by Gasteiger charge is -2.08. The van der Waals surface area contributed by atoms with Crippen LogP contribution in [0.25, 0.3) is 16.9 Å².